The van der Waals surface area contributed by atoms with Crippen LogP contribution < -0.4 is 0 Å². The Morgan fingerprint density at radius 1 is 1.55 bits per heavy atom. The van der Waals surface area contributed by atoms with Crippen molar-refractivity contribution in [1.29, 1.82) is 0 Å². The van der Waals surface area contributed by atoms with Crippen LogP contribution in [-0.4, -0.2) is 0 Å². The van der Waals surface area contributed by atoms with Gasteiger partial charge < -0.3 is 14.4 Å². The molecule has 0 aromatic heterocycles. The van der Waals surface area contributed by atoms with Gasteiger partial charge in [0.25, 0.3) is 0 Å². The fourth-order valence-electron chi connectivity index (χ4n) is 0.340. The molecular formula is C10H17Zr. The molecule has 0 heterocycles. The number of hydrogen-bond donors (Lipinski definition) is 0. The molecule has 0 fully saturated rings. The molecule has 1 aliphatic carbocycles. The van der Waals surface area contributed by atoms with Crippen LogP contribution in [0.25, 0.3) is 0 Å². The van der Waals surface area contributed by atoms with Crippen LogP contribution in [0.5, 0.6) is 0 Å². The minimum atomic E-state index is 0. The van der Waals surface area contributed by atoms with Gasteiger partial charge in [-0.25, -0.2) is 12.2 Å². The van der Waals surface area contributed by atoms with Gasteiger partial charge in [0.1, 0.15) is 0 Å². The van der Waals surface area contributed by atoms with Crippen molar-refractivity contribution in [2.24, 2.45) is 0 Å². The Bertz CT molecular complexity index is 81.0. The molecule has 0 aromatic rings. The minimum absolute atomic E-state index is 0. The van der Waals surface area contributed by atoms with Crippen LogP contribution in [0.3, 0.4) is 0 Å². The Morgan fingerprint density at radius 2 is 2.09 bits per heavy atom. The second-order valence-electron chi connectivity index (χ2n) is 1.86. The summed E-state index contributed by atoms with van der Waals surface area (Å²) in [5.41, 5.74) is 0. The monoisotopic (exact) mass is 227 g/mol. The van der Waals surface area contributed by atoms with Gasteiger partial charge in [0, 0.05) is 0 Å². The maximum absolute atomic E-state index is 3.60. The molecule has 0 bridgehead atoms. The molecule has 0 amide bonds. The molecule has 0 aliphatic heterocycles. The van der Waals surface area contributed by atoms with E-state index < -0.39 is 0 Å². The molecule has 0 unspecified atom stereocenters. The van der Waals surface area contributed by atoms with Crippen molar-refractivity contribution >= 4 is 0 Å². The third-order valence-corrected chi connectivity index (χ3v) is 0.939. The largest absolute Gasteiger partial charge is 3.00 e. The Labute approximate surface area is 90.9 Å². The SMILES string of the molecule is [C-]1=CC=CC1.[CH2-]CCC.[CH3-].[Zr+3]. The van der Waals surface area contributed by atoms with Crippen molar-refractivity contribution in [3.63, 3.8) is 0 Å². The first-order chi connectivity index (χ1) is 4.41. The van der Waals surface area contributed by atoms with Gasteiger partial charge in [0.05, 0.1) is 0 Å². The predicted octanol–water partition coefficient (Wildman–Crippen LogP) is 3.37. The summed E-state index contributed by atoms with van der Waals surface area (Å²) < 4.78 is 0. The first-order valence-corrected chi connectivity index (χ1v) is 3.42. The summed E-state index contributed by atoms with van der Waals surface area (Å²) in [6.45, 7) is 5.72. The topological polar surface area (TPSA) is 0 Å². The molecular weight excluding hydrogens is 211 g/mol. The third kappa shape index (κ3) is 17.9. The van der Waals surface area contributed by atoms with Gasteiger partial charge >= 0.3 is 26.2 Å². The summed E-state index contributed by atoms with van der Waals surface area (Å²) in [4.78, 5) is 0. The Hall–Kier alpha value is 0.363. The molecule has 0 nitrogen and oxygen atoms in total. The zero-order valence-corrected chi connectivity index (χ0v) is 10.0. The molecule has 0 saturated carbocycles. The van der Waals surface area contributed by atoms with Crippen molar-refractivity contribution in [3.8, 4) is 0 Å². The summed E-state index contributed by atoms with van der Waals surface area (Å²) in [6.07, 6.45) is 12.3. The van der Waals surface area contributed by atoms with Crippen LogP contribution in [0.2, 0.25) is 0 Å². The average molecular weight is 228 g/mol. The molecule has 1 aliphatic rings. The zero-order chi connectivity index (χ0) is 6.95. The summed E-state index contributed by atoms with van der Waals surface area (Å²) in [7, 11) is 0. The number of unbranched alkanes of at least 4 members (excludes halogenated alkanes) is 1. The van der Waals surface area contributed by atoms with Gasteiger partial charge in [-0.15, -0.1) is 6.42 Å². The van der Waals surface area contributed by atoms with Gasteiger partial charge in [-0.3, -0.25) is 6.08 Å². The van der Waals surface area contributed by atoms with Crippen LogP contribution in [0.1, 0.15) is 26.2 Å². The van der Waals surface area contributed by atoms with E-state index in [2.05, 4.69) is 26.0 Å². The van der Waals surface area contributed by atoms with Crippen LogP contribution in [-0.2, 0) is 26.2 Å². The van der Waals surface area contributed by atoms with E-state index in [9.17, 15) is 0 Å². The van der Waals surface area contributed by atoms with Crippen molar-refractivity contribution in [2.75, 3.05) is 0 Å². The van der Waals surface area contributed by atoms with Crippen LogP contribution in [0.4, 0.5) is 0 Å². The normalized spacial score (nSPS) is 10.7. The second-order valence-corrected chi connectivity index (χ2v) is 1.86. The van der Waals surface area contributed by atoms with Crippen molar-refractivity contribution in [2.45, 2.75) is 26.2 Å². The van der Waals surface area contributed by atoms with Crippen LogP contribution in [0, 0.1) is 20.4 Å². The maximum atomic E-state index is 3.60. The zero-order valence-electron chi connectivity index (χ0n) is 7.56. The van der Waals surface area contributed by atoms with E-state index in [0.29, 0.717) is 0 Å². The van der Waals surface area contributed by atoms with Gasteiger partial charge in [0.2, 0.25) is 0 Å². The summed E-state index contributed by atoms with van der Waals surface area (Å²) in [5, 5.41) is 0. The Balaban J connectivity index is -0.000000101. The molecule has 0 spiro atoms. The molecule has 11 heavy (non-hydrogen) atoms. The fraction of sp³-hybridized carbons (Fsp3) is 0.400. The molecule has 0 N–H and O–H groups in total. The van der Waals surface area contributed by atoms with Crippen molar-refractivity contribution in [1.82, 2.24) is 0 Å². The van der Waals surface area contributed by atoms with E-state index in [4.69, 9.17) is 0 Å². The maximum Gasteiger partial charge on any atom is 3.00 e. The van der Waals surface area contributed by atoms with E-state index in [-0.39, 0.29) is 33.6 Å². The summed E-state index contributed by atoms with van der Waals surface area (Å²) >= 11 is 0. The molecule has 1 radical (unpaired) electrons. The second kappa shape index (κ2) is 16.8. The Kier molecular flexibility index (Phi) is 26.6. The van der Waals surface area contributed by atoms with Gasteiger partial charge in [-0.2, -0.15) is 12.5 Å². The molecule has 61 valence electrons. The van der Waals surface area contributed by atoms with E-state index >= 15 is 0 Å². The smallest absolute Gasteiger partial charge is 0.358 e. The fourth-order valence-corrected chi connectivity index (χ4v) is 0.340. The molecule has 1 heteroatoms. The Morgan fingerprint density at radius 3 is 2.18 bits per heavy atom. The minimum Gasteiger partial charge on any atom is -0.358 e. The predicted molar refractivity (Wildman–Crippen MR) is 48.2 cm³/mol. The summed E-state index contributed by atoms with van der Waals surface area (Å²) in [5.74, 6) is 0. The first kappa shape index (κ1) is 17.4. The molecule has 0 atom stereocenters. The first-order valence-electron chi connectivity index (χ1n) is 3.42. The van der Waals surface area contributed by atoms with E-state index in [1.807, 2.05) is 12.2 Å². The standard InChI is InChI=1S/C5H5.C4H9.CH3.Zr/c1-2-4-5-3-1;1-3-4-2;;/h1-3H,4H2;1,3-4H2,2H3;1H3;/q3*-1;+3. The van der Waals surface area contributed by atoms with Gasteiger partial charge in [-0.05, 0) is 0 Å². The van der Waals surface area contributed by atoms with Crippen LogP contribution >= 0.6 is 0 Å². The summed E-state index contributed by atoms with van der Waals surface area (Å²) in [6, 6.07) is 0. The molecule has 1 rings (SSSR count). The van der Waals surface area contributed by atoms with E-state index in [1.54, 1.807) is 0 Å². The third-order valence-electron chi connectivity index (χ3n) is 0.939. The molecule has 0 saturated heterocycles. The van der Waals surface area contributed by atoms with Gasteiger partial charge in [-0.1, -0.05) is 13.3 Å². The number of allylic oxidation sites excluding steroid dienone is 4. The quantitative estimate of drug-likeness (QED) is 0.604. The molecule has 0 aromatic carbocycles. The number of rotatable bonds is 1. The van der Waals surface area contributed by atoms with Gasteiger partial charge in [0.15, 0.2) is 0 Å². The van der Waals surface area contributed by atoms with Crippen molar-refractivity contribution < 1.29 is 26.2 Å². The average Bonchev–Trinajstić information content (AvgIpc) is 2.43. The van der Waals surface area contributed by atoms with E-state index in [0.717, 1.165) is 12.8 Å². The van der Waals surface area contributed by atoms with Crippen LogP contribution in [0.15, 0.2) is 18.2 Å². The van der Waals surface area contributed by atoms with Crippen molar-refractivity contribution in [3.05, 3.63) is 38.7 Å². The van der Waals surface area contributed by atoms with E-state index in [1.165, 1.54) is 6.42 Å². The number of hydrogen-bond acceptors (Lipinski definition) is 0.